The molecule has 1 aromatic rings. The van der Waals surface area contributed by atoms with Gasteiger partial charge >= 0.3 is 0 Å². The summed E-state index contributed by atoms with van der Waals surface area (Å²) in [5, 5.41) is 3.66. The maximum absolute atomic E-state index is 4.58. The van der Waals surface area contributed by atoms with Crippen LogP contribution in [0.1, 0.15) is 62.2 Å². The average Bonchev–Trinajstić information content (AvgIpc) is 2.28. The number of aryl methyl sites for hydroxylation is 3. The molecule has 1 atom stereocenters. The fourth-order valence-corrected chi connectivity index (χ4v) is 2.71. The van der Waals surface area contributed by atoms with Crippen molar-refractivity contribution < 1.29 is 0 Å². The van der Waals surface area contributed by atoms with E-state index in [1.807, 2.05) is 0 Å². The zero-order valence-electron chi connectivity index (χ0n) is 12.8. The number of pyridine rings is 1. The molecular weight excluding hydrogens is 220 g/mol. The number of nitrogens with one attached hydrogen (secondary N) is 1. The van der Waals surface area contributed by atoms with Crippen LogP contribution in [0, 0.1) is 26.7 Å². The lowest BCUT2D eigenvalue weighted by atomic mass is 9.98. The normalized spacial score (nSPS) is 13.1. The molecule has 0 aliphatic carbocycles. The first-order chi connectivity index (χ1) is 8.49. The van der Waals surface area contributed by atoms with Crippen LogP contribution in [0.4, 0.5) is 0 Å². The fraction of sp³-hybridized carbons (Fsp3) is 0.688. The number of hydrogen-bond acceptors (Lipinski definition) is 2. The Kier molecular flexibility index (Phi) is 5.80. The first kappa shape index (κ1) is 15.2. The first-order valence-corrected chi connectivity index (χ1v) is 7.17. The van der Waals surface area contributed by atoms with Crippen LogP contribution in [0.2, 0.25) is 0 Å². The minimum absolute atomic E-state index is 0.388. The van der Waals surface area contributed by atoms with E-state index in [0.29, 0.717) is 6.04 Å². The predicted octanol–water partition coefficient (Wildman–Crippen LogP) is 4.09. The molecule has 1 heterocycles. The van der Waals surface area contributed by atoms with Gasteiger partial charge in [-0.25, -0.2) is 0 Å². The Balaban J connectivity index is 2.75. The van der Waals surface area contributed by atoms with Gasteiger partial charge in [-0.05, 0) is 57.4 Å². The second-order valence-electron chi connectivity index (χ2n) is 5.39. The first-order valence-electron chi connectivity index (χ1n) is 7.17. The van der Waals surface area contributed by atoms with Gasteiger partial charge in [-0.3, -0.25) is 4.98 Å². The third-order valence-corrected chi connectivity index (χ3v) is 3.88. The van der Waals surface area contributed by atoms with Crippen molar-refractivity contribution in [1.29, 1.82) is 0 Å². The molecule has 18 heavy (non-hydrogen) atoms. The van der Waals surface area contributed by atoms with Crippen molar-refractivity contribution in [3.63, 3.8) is 0 Å². The lowest BCUT2D eigenvalue weighted by molar-refractivity contribution is 0.421. The van der Waals surface area contributed by atoms with Gasteiger partial charge in [0.25, 0.3) is 0 Å². The number of rotatable bonds is 6. The highest BCUT2D eigenvalue weighted by atomic mass is 14.9. The minimum atomic E-state index is 0.388. The van der Waals surface area contributed by atoms with Gasteiger partial charge in [0.2, 0.25) is 0 Å². The SMILES string of the molecule is CCC(CC)CNC(C)c1c(C)cc(C)nc1C. The molecule has 0 saturated heterocycles. The Bertz CT molecular complexity index is 358. The molecule has 1 aromatic heterocycles. The Morgan fingerprint density at radius 3 is 2.28 bits per heavy atom. The maximum atomic E-state index is 4.58. The summed E-state index contributed by atoms with van der Waals surface area (Å²) < 4.78 is 0. The van der Waals surface area contributed by atoms with Gasteiger partial charge in [0.15, 0.2) is 0 Å². The monoisotopic (exact) mass is 248 g/mol. The van der Waals surface area contributed by atoms with E-state index in [4.69, 9.17) is 0 Å². The summed E-state index contributed by atoms with van der Waals surface area (Å²) in [7, 11) is 0. The third kappa shape index (κ3) is 3.81. The van der Waals surface area contributed by atoms with Gasteiger partial charge in [-0.15, -0.1) is 0 Å². The molecule has 2 heteroatoms. The molecule has 0 spiro atoms. The average molecular weight is 248 g/mol. The molecule has 1 rings (SSSR count). The zero-order chi connectivity index (χ0) is 13.7. The summed E-state index contributed by atoms with van der Waals surface area (Å²) in [5.41, 5.74) is 4.99. The molecule has 0 bridgehead atoms. The molecule has 1 unspecified atom stereocenters. The number of hydrogen-bond donors (Lipinski definition) is 1. The van der Waals surface area contributed by atoms with Crippen molar-refractivity contribution in [1.82, 2.24) is 10.3 Å². The molecule has 0 fully saturated rings. The van der Waals surface area contributed by atoms with E-state index in [9.17, 15) is 0 Å². The van der Waals surface area contributed by atoms with Gasteiger partial charge in [0.1, 0.15) is 0 Å². The number of aromatic nitrogens is 1. The summed E-state index contributed by atoms with van der Waals surface area (Å²) in [4.78, 5) is 4.58. The lowest BCUT2D eigenvalue weighted by Crippen LogP contribution is -2.26. The standard InChI is InChI=1S/C16H28N2/c1-7-15(8-2)10-17-13(5)16-11(3)9-12(4)18-14(16)6/h9,13,15,17H,7-8,10H2,1-6H3. The van der Waals surface area contributed by atoms with Crippen LogP contribution in [-0.4, -0.2) is 11.5 Å². The third-order valence-electron chi connectivity index (χ3n) is 3.88. The predicted molar refractivity (Wildman–Crippen MR) is 78.9 cm³/mol. The van der Waals surface area contributed by atoms with E-state index in [1.54, 1.807) is 0 Å². The molecule has 102 valence electrons. The second kappa shape index (κ2) is 6.89. The van der Waals surface area contributed by atoms with Crippen LogP contribution in [-0.2, 0) is 0 Å². The van der Waals surface area contributed by atoms with Crippen molar-refractivity contribution in [2.75, 3.05) is 6.54 Å². The van der Waals surface area contributed by atoms with Gasteiger partial charge in [-0.1, -0.05) is 26.7 Å². The smallest absolute Gasteiger partial charge is 0.0426 e. The van der Waals surface area contributed by atoms with Gasteiger partial charge in [-0.2, -0.15) is 0 Å². The van der Waals surface area contributed by atoms with Gasteiger partial charge in [0, 0.05) is 17.4 Å². The molecule has 0 saturated carbocycles. The van der Waals surface area contributed by atoms with Crippen LogP contribution in [0.25, 0.3) is 0 Å². The lowest BCUT2D eigenvalue weighted by Gasteiger charge is -2.22. The molecule has 0 amide bonds. The topological polar surface area (TPSA) is 24.9 Å². The van der Waals surface area contributed by atoms with Crippen LogP contribution in [0.15, 0.2) is 6.07 Å². The van der Waals surface area contributed by atoms with Crippen molar-refractivity contribution in [2.45, 2.75) is 60.4 Å². The van der Waals surface area contributed by atoms with E-state index in [-0.39, 0.29) is 0 Å². The highest BCUT2D eigenvalue weighted by Crippen LogP contribution is 2.21. The van der Waals surface area contributed by atoms with E-state index in [2.05, 4.69) is 57.9 Å². The quantitative estimate of drug-likeness (QED) is 0.820. The molecule has 0 radical (unpaired) electrons. The van der Waals surface area contributed by atoms with Crippen molar-refractivity contribution in [3.05, 3.63) is 28.6 Å². The minimum Gasteiger partial charge on any atom is -0.310 e. The van der Waals surface area contributed by atoms with Gasteiger partial charge in [0.05, 0.1) is 0 Å². The van der Waals surface area contributed by atoms with Crippen LogP contribution < -0.4 is 5.32 Å². The Labute approximate surface area is 112 Å². The summed E-state index contributed by atoms with van der Waals surface area (Å²) in [6.07, 6.45) is 2.50. The van der Waals surface area contributed by atoms with Crippen molar-refractivity contribution in [3.8, 4) is 0 Å². The second-order valence-corrected chi connectivity index (χ2v) is 5.39. The maximum Gasteiger partial charge on any atom is 0.0426 e. The van der Waals surface area contributed by atoms with Crippen LogP contribution in [0.3, 0.4) is 0 Å². The molecule has 0 aliphatic rings. The summed E-state index contributed by atoms with van der Waals surface area (Å²) >= 11 is 0. The highest BCUT2D eigenvalue weighted by Gasteiger charge is 2.14. The highest BCUT2D eigenvalue weighted by molar-refractivity contribution is 5.33. The molecular formula is C16H28N2. The molecule has 2 nitrogen and oxygen atoms in total. The van der Waals surface area contributed by atoms with E-state index in [1.165, 1.54) is 24.0 Å². The van der Waals surface area contributed by atoms with Crippen molar-refractivity contribution >= 4 is 0 Å². The van der Waals surface area contributed by atoms with E-state index in [0.717, 1.165) is 23.9 Å². The van der Waals surface area contributed by atoms with Crippen LogP contribution >= 0.6 is 0 Å². The Hall–Kier alpha value is -0.890. The summed E-state index contributed by atoms with van der Waals surface area (Å²) in [6.45, 7) is 14.2. The van der Waals surface area contributed by atoms with E-state index < -0.39 is 0 Å². The fourth-order valence-electron chi connectivity index (χ4n) is 2.71. The Morgan fingerprint density at radius 2 is 1.78 bits per heavy atom. The summed E-state index contributed by atoms with van der Waals surface area (Å²) in [6, 6.07) is 2.57. The number of nitrogens with zero attached hydrogens (tertiary/aromatic N) is 1. The van der Waals surface area contributed by atoms with E-state index >= 15 is 0 Å². The van der Waals surface area contributed by atoms with Gasteiger partial charge < -0.3 is 5.32 Å². The molecule has 0 aliphatic heterocycles. The zero-order valence-corrected chi connectivity index (χ0v) is 12.8. The molecule has 0 aromatic carbocycles. The Morgan fingerprint density at radius 1 is 1.17 bits per heavy atom. The largest absolute Gasteiger partial charge is 0.310 e. The summed E-state index contributed by atoms with van der Waals surface area (Å²) in [5.74, 6) is 0.784. The molecule has 1 N–H and O–H groups in total. The van der Waals surface area contributed by atoms with Crippen molar-refractivity contribution in [2.24, 2.45) is 5.92 Å². The van der Waals surface area contributed by atoms with Crippen LogP contribution in [0.5, 0.6) is 0 Å².